The van der Waals surface area contributed by atoms with Gasteiger partial charge in [0.2, 0.25) is 15.9 Å². The molecular formula is C20H29N3O4S. The molecule has 2 N–H and O–H groups in total. The van der Waals surface area contributed by atoms with Gasteiger partial charge in [0.25, 0.3) is 5.91 Å². The van der Waals surface area contributed by atoms with Crippen molar-refractivity contribution in [3.05, 3.63) is 29.3 Å². The number of carbonyl (C=O) groups excluding carboxylic acids is 2. The minimum absolute atomic E-state index is 0.0686. The highest BCUT2D eigenvalue weighted by Gasteiger charge is 2.27. The highest BCUT2D eigenvalue weighted by Crippen LogP contribution is 2.24. The van der Waals surface area contributed by atoms with Gasteiger partial charge in [-0.25, -0.2) is 8.42 Å². The maximum atomic E-state index is 12.9. The molecule has 154 valence electrons. The molecule has 2 amide bonds. The van der Waals surface area contributed by atoms with Gasteiger partial charge in [-0.2, -0.15) is 4.31 Å². The molecule has 2 fully saturated rings. The molecule has 1 aliphatic carbocycles. The largest absolute Gasteiger partial charge is 0.273 e. The highest BCUT2D eigenvalue weighted by molar-refractivity contribution is 7.89. The Hall–Kier alpha value is -1.93. The molecule has 2 aliphatic rings. The van der Waals surface area contributed by atoms with Crippen molar-refractivity contribution < 1.29 is 18.0 Å². The van der Waals surface area contributed by atoms with E-state index in [1.807, 2.05) is 0 Å². The molecular weight excluding hydrogens is 378 g/mol. The lowest BCUT2D eigenvalue weighted by molar-refractivity contribution is -0.126. The molecule has 1 aromatic carbocycles. The number of piperidine rings is 1. The molecule has 0 radical (unpaired) electrons. The summed E-state index contributed by atoms with van der Waals surface area (Å²) < 4.78 is 27.2. The number of hydrogen-bond acceptors (Lipinski definition) is 4. The molecule has 0 atom stereocenters. The van der Waals surface area contributed by atoms with Gasteiger partial charge in [-0.15, -0.1) is 0 Å². The number of rotatable bonds is 4. The summed E-state index contributed by atoms with van der Waals surface area (Å²) in [7, 11) is -3.62. The first-order chi connectivity index (χ1) is 13.4. The van der Waals surface area contributed by atoms with Gasteiger partial charge >= 0.3 is 0 Å². The molecule has 1 saturated heterocycles. The smallest absolute Gasteiger partial charge is 0.269 e. The molecule has 1 aliphatic heterocycles. The van der Waals surface area contributed by atoms with Crippen LogP contribution in [-0.4, -0.2) is 37.6 Å². The summed E-state index contributed by atoms with van der Waals surface area (Å²) in [4.78, 5) is 24.9. The summed E-state index contributed by atoms with van der Waals surface area (Å²) in [6, 6.07) is 4.58. The quantitative estimate of drug-likeness (QED) is 0.750. The summed E-state index contributed by atoms with van der Waals surface area (Å²) in [5.74, 6) is -0.749. The van der Waals surface area contributed by atoms with E-state index in [-0.39, 0.29) is 22.3 Å². The van der Waals surface area contributed by atoms with Crippen LogP contribution in [0.25, 0.3) is 0 Å². The second-order valence-electron chi connectivity index (χ2n) is 7.72. The number of carbonyl (C=O) groups is 2. The van der Waals surface area contributed by atoms with Gasteiger partial charge in [0, 0.05) is 24.6 Å². The fourth-order valence-electron chi connectivity index (χ4n) is 3.91. The Labute approximate surface area is 166 Å². The number of benzene rings is 1. The Balaban J connectivity index is 1.70. The number of nitrogens with one attached hydrogen (secondary N) is 2. The van der Waals surface area contributed by atoms with Crippen molar-refractivity contribution in [2.24, 2.45) is 5.92 Å². The molecule has 0 aromatic heterocycles. The van der Waals surface area contributed by atoms with Crippen molar-refractivity contribution in [1.29, 1.82) is 0 Å². The van der Waals surface area contributed by atoms with Crippen LogP contribution in [-0.2, 0) is 14.8 Å². The Morgan fingerprint density at radius 1 is 0.964 bits per heavy atom. The monoisotopic (exact) mass is 407 g/mol. The fourth-order valence-corrected chi connectivity index (χ4v) is 5.46. The molecule has 3 rings (SSSR count). The van der Waals surface area contributed by atoms with Gasteiger partial charge < -0.3 is 0 Å². The third kappa shape index (κ3) is 4.72. The summed E-state index contributed by atoms with van der Waals surface area (Å²) in [6.45, 7) is 2.76. The van der Waals surface area contributed by atoms with Gasteiger partial charge in [-0.05, 0) is 50.3 Å². The number of aryl methyl sites for hydroxylation is 1. The van der Waals surface area contributed by atoms with Crippen molar-refractivity contribution in [3.63, 3.8) is 0 Å². The van der Waals surface area contributed by atoms with Crippen molar-refractivity contribution in [1.82, 2.24) is 15.2 Å². The van der Waals surface area contributed by atoms with Crippen LogP contribution in [0, 0.1) is 12.8 Å². The van der Waals surface area contributed by atoms with Crippen molar-refractivity contribution in [3.8, 4) is 0 Å². The van der Waals surface area contributed by atoms with Crippen LogP contribution in [0.2, 0.25) is 0 Å². The van der Waals surface area contributed by atoms with Crippen LogP contribution >= 0.6 is 0 Å². The average Bonchev–Trinajstić information content (AvgIpc) is 2.73. The van der Waals surface area contributed by atoms with Crippen LogP contribution in [0.5, 0.6) is 0 Å². The number of sulfonamides is 1. The van der Waals surface area contributed by atoms with E-state index < -0.39 is 15.9 Å². The van der Waals surface area contributed by atoms with Crippen molar-refractivity contribution >= 4 is 21.8 Å². The van der Waals surface area contributed by atoms with Gasteiger partial charge in [-0.1, -0.05) is 31.7 Å². The van der Waals surface area contributed by atoms with E-state index in [0.29, 0.717) is 18.7 Å². The van der Waals surface area contributed by atoms with Crippen LogP contribution in [0.3, 0.4) is 0 Å². The maximum Gasteiger partial charge on any atom is 0.269 e. The van der Waals surface area contributed by atoms with Crippen LogP contribution in [0.15, 0.2) is 23.1 Å². The van der Waals surface area contributed by atoms with Crippen molar-refractivity contribution in [2.45, 2.75) is 63.2 Å². The van der Waals surface area contributed by atoms with Gasteiger partial charge in [0.15, 0.2) is 0 Å². The van der Waals surface area contributed by atoms with E-state index in [9.17, 15) is 18.0 Å². The van der Waals surface area contributed by atoms with E-state index >= 15 is 0 Å². The molecule has 8 heteroatoms. The van der Waals surface area contributed by atoms with Gasteiger partial charge in [0.05, 0.1) is 4.90 Å². The van der Waals surface area contributed by atoms with E-state index in [2.05, 4.69) is 10.9 Å². The molecule has 1 aromatic rings. The lowest BCUT2D eigenvalue weighted by Gasteiger charge is -2.26. The van der Waals surface area contributed by atoms with Gasteiger partial charge in [0.1, 0.15) is 0 Å². The lowest BCUT2D eigenvalue weighted by atomic mass is 9.89. The number of hydrogen-bond donors (Lipinski definition) is 2. The fraction of sp³-hybridized carbons (Fsp3) is 0.600. The number of hydrazine groups is 1. The van der Waals surface area contributed by atoms with E-state index in [0.717, 1.165) is 51.4 Å². The summed E-state index contributed by atoms with van der Waals surface area (Å²) >= 11 is 0. The Kier molecular flexibility index (Phi) is 6.72. The lowest BCUT2D eigenvalue weighted by Crippen LogP contribution is -2.45. The van der Waals surface area contributed by atoms with E-state index in [4.69, 9.17) is 0 Å². The Morgan fingerprint density at radius 2 is 1.61 bits per heavy atom. The highest BCUT2D eigenvalue weighted by atomic mass is 32.2. The van der Waals surface area contributed by atoms with Crippen molar-refractivity contribution in [2.75, 3.05) is 13.1 Å². The Bertz CT molecular complexity index is 826. The predicted molar refractivity (Wildman–Crippen MR) is 106 cm³/mol. The normalized spacial score (nSPS) is 19.2. The summed E-state index contributed by atoms with van der Waals surface area (Å²) in [5.41, 5.74) is 5.86. The summed E-state index contributed by atoms with van der Waals surface area (Å²) in [5, 5.41) is 0. The molecule has 1 saturated carbocycles. The second-order valence-corrected chi connectivity index (χ2v) is 9.66. The zero-order valence-corrected chi connectivity index (χ0v) is 17.2. The SMILES string of the molecule is Cc1ccc(S(=O)(=O)N2CCCCC2)cc1C(=O)NNC(=O)C1CCCCC1. The standard InChI is InChI=1S/C20H29N3O4S/c1-15-10-11-17(28(26,27)23-12-6-3-7-13-23)14-18(15)20(25)22-21-19(24)16-8-4-2-5-9-16/h10-11,14,16H,2-9,12-13H2,1H3,(H,21,24)(H,22,25). The zero-order valence-electron chi connectivity index (χ0n) is 16.4. The molecule has 0 spiro atoms. The number of nitrogens with zero attached hydrogens (tertiary/aromatic N) is 1. The van der Waals surface area contributed by atoms with E-state index in [1.165, 1.54) is 16.4 Å². The molecule has 0 unspecified atom stereocenters. The molecule has 7 nitrogen and oxygen atoms in total. The molecule has 1 heterocycles. The zero-order chi connectivity index (χ0) is 20.1. The van der Waals surface area contributed by atoms with Crippen LogP contribution in [0.4, 0.5) is 0 Å². The third-order valence-electron chi connectivity index (χ3n) is 5.68. The van der Waals surface area contributed by atoms with Crippen LogP contribution in [0.1, 0.15) is 67.3 Å². The first-order valence-electron chi connectivity index (χ1n) is 10.1. The minimum Gasteiger partial charge on any atom is -0.273 e. The predicted octanol–water partition coefficient (Wildman–Crippen LogP) is 2.51. The minimum atomic E-state index is -3.62. The molecule has 0 bridgehead atoms. The second kappa shape index (κ2) is 9.05. The average molecular weight is 408 g/mol. The first kappa shape index (κ1) is 20.8. The third-order valence-corrected chi connectivity index (χ3v) is 7.58. The van der Waals surface area contributed by atoms with E-state index in [1.54, 1.807) is 13.0 Å². The molecule has 28 heavy (non-hydrogen) atoms. The van der Waals surface area contributed by atoms with Gasteiger partial charge in [-0.3, -0.25) is 20.4 Å². The first-order valence-corrected chi connectivity index (χ1v) is 11.5. The topological polar surface area (TPSA) is 95.6 Å². The Morgan fingerprint density at radius 3 is 2.29 bits per heavy atom. The number of amides is 2. The summed E-state index contributed by atoms with van der Waals surface area (Å²) in [6.07, 6.45) is 7.62. The maximum absolute atomic E-state index is 12.9. The van der Waals surface area contributed by atoms with Crippen LogP contribution < -0.4 is 10.9 Å².